The maximum absolute atomic E-state index is 5.23. The first-order chi connectivity index (χ1) is 7.29. The van der Waals surface area contributed by atoms with Gasteiger partial charge in [-0.05, 0) is 32.0 Å². The number of nitrogens with two attached hydrogens (primary N) is 1. The summed E-state index contributed by atoms with van der Waals surface area (Å²) >= 11 is 0. The molecule has 0 aromatic heterocycles. The molecule has 3 heteroatoms. The average Bonchev–Trinajstić information content (AvgIpc) is 2.26. The highest BCUT2D eigenvalue weighted by Crippen LogP contribution is 2.11. The Labute approximate surface area is 92.5 Å². The van der Waals surface area contributed by atoms with Crippen LogP contribution in [-0.2, 0) is 0 Å². The molecule has 0 rings (SSSR count). The molecule has 0 fully saturated rings. The summed E-state index contributed by atoms with van der Waals surface area (Å²) in [5.41, 5.74) is 5.23. The zero-order valence-corrected chi connectivity index (χ0v) is 9.85. The van der Waals surface area contributed by atoms with Crippen LogP contribution < -0.4 is 5.73 Å². The fraction of sp³-hybridized carbons (Fsp3) is 0.500. The van der Waals surface area contributed by atoms with E-state index in [1.807, 2.05) is 13.0 Å². The van der Waals surface area contributed by atoms with Gasteiger partial charge in [0.15, 0.2) is 0 Å². The van der Waals surface area contributed by atoms with E-state index in [2.05, 4.69) is 23.8 Å². The lowest BCUT2D eigenvalue weighted by molar-refractivity contribution is 0.638. The summed E-state index contributed by atoms with van der Waals surface area (Å²) in [6.45, 7) is 6.23. The summed E-state index contributed by atoms with van der Waals surface area (Å²) < 4.78 is 0. The van der Waals surface area contributed by atoms with E-state index in [0.29, 0.717) is 5.92 Å². The van der Waals surface area contributed by atoms with E-state index in [1.165, 1.54) is 6.20 Å². The Balaban J connectivity index is 4.71. The van der Waals surface area contributed by atoms with Crippen molar-refractivity contribution in [3.63, 3.8) is 0 Å². The molecule has 3 nitrogen and oxygen atoms in total. The molecule has 0 bridgehead atoms. The van der Waals surface area contributed by atoms with Gasteiger partial charge in [0.2, 0.25) is 0 Å². The van der Waals surface area contributed by atoms with Gasteiger partial charge >= 0.3 is 0 Å². The van der Waals surface area contributed by atoms with Crippen LogP contribution in [-0.4, -0.2) is 12.1 Å². The second-order valence-electron chi connectivity index (χ2n) is 3.15. The Morgan fingerprint density at radius 3 is 2.47 bits per heavy atom. The van der Waals surface area contributed by atoms with Crippen LogP contribution in [0.5, 0.6) is 0 Å². The minimum atomic E-state index is 0.420. The zero-order valence-electron chi connectivity index (χ0n) is 9.85. The summed E-state index contributed by atoms with van der Waals surface area (Å²) in [4.78, 5) is 8.62. The van der Waals surface area contributed by atoms with Gasteiger partial charge in [-0.15, -0.1) is 0 Å². The van der Waals surface area contributed by atoms with E-state index in [0.717, 1.165) is 18.7 Å². The topological polar surface area (TPSA) is 50.7 Å². The van der Waals surface area contributed by atoms with Crippen molar-refractivity contribution < 1.29 is 0 Å². The number of aliphatic imine (C=N–C) groups is 2. The van der Waals surface area contributed by atoms with Crippen LogP contribution in [0.4, 0.5) is 0 Å². The van der Waals surface area contributed by atoms with Crippen molar-refractivity contribution in [3.8, 4) is 0 Å². The number of amidine groups is 1. The van der Waals surface area contributed by atoms with Gasteiger partial charge < -0.3 is 5.73 Å². The molecule has 15 heavy (non-hydrogen) atoms. The second kappa shape index (κ2) is 9.19. The summed E-state index contributed by atoms with van der Waals surface area (Å²) in [6.07, 6.45) is 10.6. The highest BCUT2D eigenvalue weighted by atomic mass is 14.9. The van der Waals surface area contributed by atoms with Gasteiger partial charge in [0.05, 0.1) is 0 Å². The first-order valence-corrected chi connectivity index (χ1v) is 5.39. The molecule has 0 saturated heterocycles. The average molecular weight is 207 g/mol. The van der Waals surface area contributed by atoms with Gasteiger partial charge in [0, 0.05) is 18.3 Å². The molecule has 0 aromatic carbocycles. The number of allylic oxidation sites excluding steroid dienone is 2. The van der Waals surface area contributed by atoms with Gasteiger partial charge in [-0.2, -0.15) is 0 Å². The van der Waals surface area contributed by atoms with Crippen molar-refractivity contribution in [1.29, 1.82) is 0 Å². The van der Waals surface area contributed by atoms with Crippen LogP contribution in [0.1, 0.15) is 33.6 Å². The Morgan fingerprint density at radius 2 is 2.00 bits per heavy atom. The molecule has 0 aromatic rings. The molecule has 0 saturated carbocycles. The molecular formula is C12H21N3. The highest BCUT2D eigenvalue weighted by molar-refractivity contribution is 5.94. The fourth-order valence-electron chi connectivity index (χ4n) is 1.22. The van der Waals surface area contributed by atoms with Gasteiger partial charge in [0.25, 0.3) is 0 Å². The first kappa shape index (κ1) is 13.6. The molecule has 84 valence electrons. The van der Waals surface area contributed by atoms with Crippen molar-refractivity contribution in [1.82, 2.24) is 0 Å². The number of rotatable bonds is 5. The first-order valence-electron chi connectivity index (χ1n) is 5.39. The maximum atomic E-state index is 5.23. The Bertz CT molecular complexity index is 258. The quantitative estimate of drug-likeness (QED) is 0.547. The Hall–Kier alpha value is -1.38. The van der Waals surface area contributed by atoms with Gasteiger partial charge in [0.1, 0.15) is 5.84 Å². The van der Waals surface area contributed by atoms with Crippen LogP contribution in [0, 0.1) is 5.92 Å². The lowest BCUT2D eigenvalue weighted by atomic mass is 10.0. The summed E-state index contributed by atoms with van der Waals surface area (Å²) in [5, 5.41) is 0. The van der Waals surface area contributed by atoms with Crippen LogP contribution >= 0.6 is 0 Å². The predicted octanol–water partition coefficient (Wildman–Crippen LogP) is 2.90. The van der Waals surface area contributed by atoms with E-state index in [9.17, 15) is 0 Å². The minimum absolute atomic E-state index is 0.420. The van der Waals surface area contributed by atoms with Crippen molar-refractivity contribution in [3.05, 3.63) is 24.6 Å². The zero-order chi connectivity index (χ0) is 11.5. The van der Waals surface area contributed by atoms with E-state index in [4.69, 9.17) is 5.73 Å². The molecule has 2 N–H and O–H groups in total. The second-order valence-corrected chi connectivity index (χ2v) is 3.15. The predicted molar refractivity (Wildman–Crippen MR) is 68.1 cm³/mol. The van der Waals surface area contributed by atoms with E-state index in [1.54, 1.807) is 18.5 Å². The van der Waals surface area contributed by atoms with Gasteiger partial charge in [-0.25, -0.2) is 9.98 Å². The van der Waals surface area contributed by atoms with Crippen LogP contribution in [0.3, 0.4) is 0 Å². The van der Waals surface area contributed by atoms with Gasteiger partial charge in [-0.3, -0.25) is 0 Å². The summed E-state index contributed by atoms with van der Waals surface area (Å²) in [6, 6.07) is 0. The van der Waals surface area contributed by atoms with Crippen molar-refractivity contribution in [2.75, 3.05) is 0 Å². The molecular weight excluding hydrogens is 186 g/mol. The largest absolute Gasteiger partial charge is 0.405 e. The maximum Gasteiger partial charge on any atom is 0.131 e. The van der Waals surface area contributed by atoms with Crippen LogP contribution in [0.2, 0.25) is 0 Å². The fourth-order valence-corrected chi connectivity index (χ4v) is 1.22. The SMILES string of the molecule is C/C=C\N=C(N=C/C=C/N)C(CC)CC. The summed E-state index contributed by atoms with van der Waals surface area (Å²) in [7, 11) is 0. The van der Waals surface area contributed by atoms with Gasteiger partial charge in [-0.1, -0.05) is 19.9 Å². The van der Waals surface area contributed by atoms with E-state index < -0.39 is 0 Å². The molecule has 0 amide bonds. The minimum Gasteiger partial charge on any atom is -0.405 e. The molecule has 0 aliphatic heterocycles. The van der Waals surface area contributed by atoms with Crippen LogP contribution in [0.25, 0.3) is 0 Å². The van der Waals surface area contributed by atoms with Crippen molar-refractivity contribution >= 4 is 12.1 Å². The normalized spacial score (nSPS) is 14.0. The van der Waals surface area contributed by atoms with E-state index >= 15 is 0 Å². The Morgan fingerprint density at radius 1 is 1.33 bits per heavy atom. The van der Waals surface area contributed by atoms with Crippen molar-refractivity contribution in [2.24, 2.45) is 21.6 Å². The molecule has 0 aliphatic carbocycles. The third kappa shape index (κ3) is 5.83. The summed E-state index contributed by atoms with van der Waals surface area (Å²) in [5.74, 6) is 1.29. The van der Waals surface area contributed by atoms with E-state index in [-0.39, 0.29) is 0 Å². The standard InChI is InChI=1S/C12H21N3/c1-4-9-14-12(11(5-2)6-3)15-10-7-8-13/h4,7-11H,5-6,13H2,1-3H3/b8-7+,9-4-,14-12?,15-10?. The highest BCUT2D eigenvalue weighted by Gasteiger charge is 2.09. The molecule has 0 spiro atoms. The monoisotopic (exact) mass is 207 g/mol. The molecule has 0 heterocycles. The third-order valence-electron chi connectivity index (χ3n) is 2.11. The van der Waals surface area contributed by atoms with Crippen LogP contribution in [0.15, 0.2) is 34.5 Å². The molecule has 0 radical (unpaired) electrons. The van der Waals surface area contributed by atoms with Crippen molar-refractivity contribution in [2.45, 2.75) is 33.6 Å². The smallest absolute Gasteiger partial charge is 0.131 e. The number of hydrogen-bond acceptors (Lipinski definition) is 2. The lowest BCUT2D eigenvalue weighted by Crippen LogP contribution is -2.10. The lowest BCUT2D eigenvalue weighted by Gasteiger charge is -2.10. The molecule has 0 aliphatic rings. The molecule has 0 unspecified atom stereocenters. The number of nitrogens with zero attached hydrogens (tertiary/aromatic N) is 2. The number of hydrogen-bond donors (Lipinski definition) is 1. The molecule has 0 atom stereocenters. The Kier molecular flexibility index (Phi) is 8.34. The third-order valence-corrected chi connectivity index (χ3v) is 2.11.